The molecule has 0 saturated carbocycles. The van der Waals surface area contributed by atoms with Crippen LogP contribution in [0.1, 0.15) is 0 Å². The first-order valence-electron chi connectivity index (χ1n) is 12.8. The molecule has 2 aromatic heterocycles. The molecule has 1 spiro atoms. The Morgan fingerprint density at radius 2 is 1.83 bits per heavy atom. The summed E-state index contributed by atoms with van der Waals surface area (Å²) in [6.07, 6.45) is 6.36. The van der Waals surface area contributed by atoms with Gasteiger partial charge in [0, 0.05) is 49.2 Å². The number of methoxy groups -OCH3 is 1. The second-order valence-corrected chi connectivity index (χ2v) is 12.5. The van der Waals surface area contributed by atoms with Gasteiger partial charge >= 0.3 is 0 Å². The Morgan fingerprint density at radius 1 is 1.07 bits per heavy atom. The Kier molecular flexibility index (Phi) is 6.88. The van der Waals surface area contributed by atoms with E-state index in [1.165, 1.54) is 6.20 Å². The molecule has 0 bridgehead atoms. The summed E-state index contributed by atoms with van der Waals surface area (Å²) >= 11 is 6.42. The average Bonchev–Trinajstić information content (AvgIpc) is 3.31. The van der Waals surface area contributed by atoms with Crippen molar-refractivity contribution in [1.29, 1.82) is 0 Å². The molecule has 2 aliphatic rings. The maximum absolute atomic E-state index is 11.8. The van der Waals surface area contributed by atoms with E-state index in [2.05, 4.69) is 35.3 Å². The predicted octanol–water partition coefficient (Wildman–Crippen LogP) is 4.23. The summed E-state index contributed by atoms with van der Waals surface area (Å²) in [6.45, 7) is 3.42. The van der Waals surface area contributed by atoms with Crippen molar-refractivity contribution in [1.82, 2.24) is 19.7 Å². The lowest BCUT2D eigenvalue weighted by Crippen LogP contribution is -2.66. The number of sulfonamides is 1. The number of aryl methyl sites for hydroxylation is 1. The van der Waals surface area contributed by atoms with Gasteiger partial charge in [-0.1, -0.05) is 23.7 Å². The Labute approximate surface area is 242 Å². The molecule has 0 aliphatic carbocycles. The Balaban J connectivity index is 1.32. The molecule has 3 N–H and O–H groups in total. The number of hydrogen-bond donors (Lipinski definition) is 3. The summed E-state index contributed by atoms with van der Waals surface area (Å²) in [5, 5.41) is 11.0. The van der Waals surface area contributed by atoms with Crippen LogP contribution in [0, 0.1) is 5.41 Å². The molecule has 0 atom stereocenters. The van der Waals surface area contributed by atoms with Crippen LogP contribution in [-0.2, 0) is 21.8 Å². The highest BCUT2D eigenvalue weighted by molar-refractivity contribution is 7.92. The van der Waals surface area contributed by atoms with Gasteiger partial charge in [-0.05, 0) is 18.2 Å². The third-order valence-corrected chi connectivity index (χ3v) is 7.88. The number of aromatic nitrogens is 4. The summed E-state index contributed by atoms with van der Waals surface area (Å²) in [5.41, 5.74) is 4.75. The largest absolute Gasteiger partial charge is 0.494 e. The summed E-state index contributed by atoms with van der Waals surface area (Å²) in [4.78, 5) is 11.3. The van der Waals surface area contributed by atoms with Crippen LogP contribution in [0.3, 0.4) is 0 Å². The molecule has 2 fully saturated rings. The third-order valence-electron chi connectivity index (χ3n) is 7.01. The van der Waals surface area contributed by atoms with Gasteiger partial charge in [-0.25, -0.2) is 13.4 Å². The van der Waals surface area contributed by atoms with Crippen molar-refractivity contribution in [2.45, 2.75) is 0 Å². The quantitative estimate of drug-likeness (QED) is 0.257. The number of nitrogens with one attached hydrogen (secondary N) is 3. The van der Waals surface area contributed by atoms with Crippen molar-refractivity contribution in [3.8, 4) is 16.9 Å². The van der Waals surface area contributed by atoms with Crippen molar-refractivity contribution < 1.29 is 17.9 Å². The molecule has 41 heavy (non-hydrogen) atoms. The SMILES string of the molecule is COc1cc(N2CC3(COC3)C2)c(-c2cnn(C)c2)cc1Nc1ncc(Cl)c(Nc2ccccc2NS(C)(=O)=O)n1. The number of hydrogen-bond acceptors (Lipinski definition) is 10. The fourth-order valence-electron chi connectivity index (χ4n) is 5.04. The number of rotatable bonds is 9. The number of benzene rings is 2. The molecule has 2 aliphatic heterocycles. The molecule has 2 aromatic carbocycles. The molecule has 6 rings (SSSR count). The van der Waals surface area contributed by atoms with E-state index in [0.717, 1.165) is 49.4 Å². The van der Waals surface area contributed by atoms with Crippen LogP contribution in [0.2, 0.25) is 5.02 Å². The zero-order chi connectivity index (χ0) is 28.8. The average molecular weight is 597 g/mol. The van der Waals surface area contributed by atoms with E-state index in [1.807, 2.05) is 31.6 Å². The molecular formula is C27H29ClN8O4S. The smallest absolute Gasteiger partial charge is 0.229 e. The maximum Gasteiger partial charge on any atom is 0.229 e. The number of anilines is 6. The van der Waals surface area contributed by atoms with Crippen molar-refractivity contribution in [2.24, 2.45) is 12.5 Å². The normalized spacial score (nSPS) is 15.7. The highest BCUT2D eigenvalue weighted by Gasteiger charge is 2.49. The molecule has 0 amide bonds. The zero-order valence-electron chi connectivity index (χ0n) is 22.7. The third kappa shape index (κ3) is 5.60. The Bertz CT molecular complexity index is 1720. The second-order valence-electron chi connectivity index (χ2n) is 10.4. The molecule has 12 nitrogen and oxygen atoms in total. The highest BCUT2D eigenvalue weighted by Crippen LogP contribution is 2.46. The van der Waals surface area contributed by atoms with Crippen LogP contribution in [-0.4, -0.2) is 67.8 Å². The van der Waals surface area contributed by atoms with Crippen LogP contribution in [0.5, 0.6) is 5.75 Å². The number of nitrogens with zero attached hydrogens (tertiary/aromatic N) is 5. The monoisotopic (exact) mass is 596 g/mol. The number of halogens is 1. The van der Waals surface area contributed by atoms with E-state index in [-0.39, 0.29) is 16.4 Å². The number of ether oxygens (including phenoxy) is 2. The first-order chi connectivity index (χ1) is 19.6. The molecule has 14 heteroatoms. The summed E-state index contributed by atoms with van der Waals surface area (Å²) < 4.78 is 39.2. The molecule has 2 saturated heterocycles. The van der Waals surface area contributed by atoms with Gasteiger partial charge in [0.25, 0.3) is 0 Å². The minimum absolute atomic E-state index is 0.242. The lowest BCUT2D eigenvalue weighted by atomic mass is 9.77. The van der Waals surface area contributed by atoms with Gasteiger partial charge in [-0.15, -0.1) is 0 Å². The van der Waals surface area contributed by atoms with Gasteiger partial charge in [0.15, 0.2) is 5.82 Å². The van der Waals surface area contributed by atoms with E-state index in [0.29, 0.717) is 28.6 Å². The van der Waals surface area contributed by atoms with Crippen LogP contribution in [0.4, 0.5) is 34.5 Å². The fraction of sp³-hybridized carbons (Fsp3) is 0.296. The molecule has 0 unspecified atom stereocenters. The molecule has 0 radical (unpaired) electrons. The van der Waals surface area contributed by atoms with Gasteiger partial charge in [0.2, 0.25) is 16.0 Å². The standard InChI is InChI=1S/C27H29ClN8O4S/c1-35-12-17(10-30-35)18-8-22(24(39-2)9-23(18)36-13-27(14-36)15-40-16-27)32-26-29-11-19(28)25(33-26)31-20-6-4-5-7-21(20)34-41(3,37)38/h4-12,34H,13-16H2,1-3H3,(H2,29,31,32,33). The summed E-state index contributed by atoms with van der Waals surface area (Å²) in [7, 11) is 0.00851. The van der Waals surface area contributed by atoms with E-state index in [1.54, 1.807) is 36.1 Å². The van der Waals surface area contributed by atoms with E-state index in [4.69, 9.17) is 21.1 Å². The minimum atomic E-state index is -3.49. The molecule has 4 aromatic rings. The van der Waals surface area contributed by atoms with Gasteiger partial charge in [-0.2, -0.15) is 10.1 Å². The highest BCUT2D eigenvalue weighted by atomic mass is 35.5. The molecule has 214 valence electrons. The molecule has 4 heterocycles. The van der Waals surface area contributed by atoms with Crippen molar-refractivity contribution in [3.05, 3.63) is 60.0 Å². The van der Waals surface area contributed by atoms with Gasteiger partial charge in [0.05, 0.1) is 61.5 Å². The van der Waals surface area contributed by atoms with Crippen LogP contribution >= 0.6 is 11.6 Å². The van der Waals surface area contributed by atoms with Gasteiger partial charge in [0.1, 0.15) is 10.8 Å². The van der Waals surface area contributed by atoms with Crippen molar-refractivity contribution in [3.63, 3.8) is 0 Å². The topological polar surface area (TPSA) is 136 Å². The zero-order valence-corrected chi connectivity index (χ0v) is 24.3. The van der Waals surface area contributed by atoms with Crippen LogP contribution in [0.15, 0.2) is 55.0 Å². The van der Waals surface area contributed by atoms with Gasteiger partial charge in [-0.3, -0.25) is 9.40 Å². The minimum Gasteiger partial charge on any atom is -0.494 e. The van der Waals surface area contributed by atoms with Crippen LogP contribution < -0.4 is 25.0 Å². The first-order valence-corrected chi connectivity index (χ1v) is 15.1. The maximum atomic E-state index is 11.8. The Morgan fingerprint density at radius 3 is 2.46 bits per heavy atom. The van der Waals surface area contributed by atoms with E-state index < -0.39 is 10.0 Å². The lowest BCUT2D eigenvalue weighted by molar-refractivity contribution is -0.127. The van der Waals surface area contributed by atoms with Crippen molar-refractivity contribution in [2.75, 3.05) is 59.9 Å². The summed E-state index contributed by atoms with van der Waals surface area (Å²) in [5.74, 6) is 1.18. The van der Waals surface area contributed by atoms with Crippen molar-refractivity contribution >= 4 is 56.1 Å². The van der Waals surface area contributed by atoms with Gasteiger partial charge < -0.3 is 25.0 Å². The van der Waals surface area contributed by atoms with Crippen LogP contribution in [0.25, 0.3) is 11.1 Å². The molecular weight excluding hydrogens is 568 g/mol. The predicted molar refractivity (Wildman–Crippen MR) is 159 cm³/mol. The van der Waals surface area contributed by atoms with E-state index in [9.17, 15) is 8.42 Å². The fourth-order valence-corrected chi connectivity index (χ4v) is 5.76. The van der Waals surface area contributed by atoms with E-state index >= 15 is 0 Å². The first kappa shape index (κ1) is 27.1. The second kappa shape index (κ2) is 10.4. The number of para-hydroxylation sites is 2. The lowest BCUT2D eigenvalue weighted by Gasteiger charge is -2.56. The Hall–Kier alpha value is -4.07. The summed E-state index contributed by atoms with van der Waals surface area (Å²) in [6, 6.07) is 10.9.